The van der Waals surface area contributed by atoms with Crippen molar-refractivity contribution in [1.29, 1.82) is 0 Å². The molecule has 1 aliphatic rings. The molecule has 1 N–H and O–H groups in total. The summed E-state index contributed by atoms with van der Waals surface area (Å²) in [5, 5.41) is 3.75. The van der Waals surface area contributed by atoms with E-state index in [1.54, 1.807) is 19.4 Å². The molecule has 0 aliphatic carbocycles. The van der Waals surface area contributed by atoms with Crippen molar-refractivity contribution in [3.05, 3.63) is 66.4 Å². The average Bonchev–Trinajstić information content (AvgIpc) is 3.23. The van der Waals surface area contributed by atoms with Crippen LogP contribution in [0.15, 0.2) is 55.0 Å². The predicted molar refractivity (Wildman–Crippen MR) is 135 cm³/mol. The minimum absolute atomic E-state index is 0.195. The molecule has 4 aromatic heterocycles. The van der Waals surface area contributed by atoms with Gasteiger partial charge in [0.05, 0.1) is 17.2 Å². The van der Waals surface area contributed by atoms with E-state index in [9.17, 15) is 12.8 Å². The molecule has 5 rings (SSSR count). The van der Waals surface area contributed by atoms with E-state index < -0.39 is 15.7 Å². The molecule has 1 fully saturated rings. The first-order chi connectivity index (χ1) is 16.9. The molecule has 182 valence electrons. The summed E-state index contributed by atoms with van der Waals surface area (Å²) in [6.45, 7) is 2.04. The van der Waals surface area contributed by atoms with Crippen LogP contribution in [0.4, 0.5) is 10.2 Å². The van der Waals surface area contributed by atoms with Gasteiger partial charge >= 0.3 is 0 Å². The summed E-state index contributed by atoms with van der Waals surface area (Å²) in [6, 6.07) is 11.1. The van der Waals surface area contributed by atoms with Crippen LogP contribution in [0.25, 0.3) is 28.1 Å². The Hall–Kier alpha value is -3.37. The van der Waals surface area contributed by atoms with Gasteiger partial charge in [-0.15, -0.1) is 0 Å². The maximum Gasteiger partial charge on any atom is 0.166 e. The fourth-order valence-electron chi connectivity index (χ4n) is 4.43. The first kappa shape index (κ1) is 23.4. The number of hydrogen-bond acceptors (Lipinski definition) is 7. The molecule has 0 atom stereocenters. The van der Waals surface area contributed by atoms with Gasteiger partial charge in [0, 0.05) is 49.7 Å². The lowest BCUT2D eigenvalue weighted by Crippen LogP contribution is -2.40. The molecule has 4 aromatic rings. The molecule has 5 heterocycles. The summed E-state index contributed by atoms with van der Waals surface area (Å²) in [5.41, 5.74) is 3.12. The van der Waals surface area contributed by atoms with E-state index in [1.807, 2.05) is 34.9 Å². The number of anilines is 1. The molecular weight excluding hydrogens is 467 g/mol. The smallest absolute Gasteiger partial charge is 0.166 e. The van der Waals surface area contributed by atoms with Crippen molar-refractivity contribution in [1.82, 2.24) is 24.4 Å². The Morgan fingerprint density at radius 1 is 1.11 bits per heavy atom. The first-order valence-electron chi connectivity index (χ1n) is 11.6. The molecule has 0 bridgehead atoms. The minimum atomic E-state index is -2.87. The molecule has 0 saturated carbocycles. The molecule has 0 amide bonds. The Labute approximate surface area is 203 Å². The van der Waals surface area contributed by atoms with Crippen molar-refractivity contribution in [3.8, 4) is 17.1 Å². The standard InChI is InChI=1S/C25H27FN6O2S/c1-27-24-21(26)15-19(16-29-24)22-8-7-20-18(5-4-10-31-11-13-35(33,34)14-12-31)17-32(25(20)30-22)23-6-2-3-9-28-23/h2-3,6-9,15-17H,4-5,10-14H2,1H3,(H,27,29). The zero-order valence-electron chi connectivity index (χ0n) is 19.5. The van der Waals surface area contributed by atoms with Crippen LogP contribution >= 0.6 is 0 Å². The molecule has 1 saturated heterocycles. The fraction of sp³-hybridized carbons (Fsp3) is 0.320. The van der Waals surface area contributed by atoms with E-state index >= 15 is 0 Å². The first-order valence-corrected chi connectivity index (χ1v) is 13.4. The molecule has 10 heteroatoms. The van der Waals surface area contributed by atoms with E-state index in [0.717, 1.165) is 41.8 Å². The van der Waals surface area contributed by atoms with Gasteiger partial charge in [-0.2, -0.15) is 0 Å². The number of hydrogen-bond donors (Lipinski definition) is 1. The molecule has 0 aromatic carbocycles. The van der Waals surface area contributed by atoms with E-state index in [1.165, 1.54) is 6.07 Å². The Bertz CT molecular complexity index is 1440. The number of nitrogens with zero attached hydrogens (tertiary/aromatic N) is 5. The number of fused-ring (bicyclic) bond motifs is 1. The van der Waals surface area contributed by atoms with Gasteiger partial charge in [0.2, 0.25) is 0 Å². The minimum Gasteiger partial charge on any atom is -0.371 e. The van der Waals surface area contributed by atoms with Crippen molar-refractivity contribution < 1.29 is 12.8 Å². The van der Waals surface area contributed by atoms with Crippen molar-refractivity contribution in [2.45, 2.75) is 12.8 Å². The van der Waals surface area contributed by atoms with Crippen molar-refractivity contribution in [2.75, 3.05) is 43.5 Å². The van der Waals surface area contributed by atoms with Crippen LogP contribution in [-0.4, -0.2) is 71.0 Å². The maximum absolute atomic E-state index is 14.3. The van der Waals surface area contributed by atoms with Gasteiger partial charge < -0.3 is 10.2 Å². The summed E-state index contributed by atoms with van der Waals surface area (Å²) in [5.74, 6) is 0.996. The summed E-state index contributed by atoms with van der Waals surface area (Å²) in [4.78, 5) is 15.7. The molecule has 8 nitrogen and oxygen atoms in total. The Morgan fingerprint density at radius 2 is 1.94 bits per heavy atom. The second-order valence-corrected chi connectivity index (χ2v) is 11.0. The van der Waals surface area contributed by atoms with Crippen LogP contribution in [0.2, 0.25) is 0 Å². The lowest BCUT2D eigenvalue weighted by molar-refractivity contribution is 0.292. The lowest BCUT2D eigenvalue weighted by atomic mass is 10.1. The van der Waals surface area contributed by atoms with Crippen LogP contribution in [0, 0.1) is 5.82 Å². The zero-order valence-corrected chi connectivity index (χ0v) is 20.3. The number of rotatable bonds is 7. The second-order valence-electron chi connectivity index (χ2n) is 8.68. The van der Waals surface area contributed by atoms with Gasteiger partial charge in [0.25, 0.3) is 0 Å². The van der Waals surface area contributed by atoms with Gasteiger partial charge in [-0.25, -0.2) is 27.8 Å². The van der Waals surface area contributed by atoms with Crippen molar-refractivity contribution in [3.63, 3.8) is 0 Å². The van der Waals surface area contributed by atoms with E-state index in [-0.39, 0.29) is 17.3 Å². The second kappa shape index (κ2) is 9.71. The molecule has 0 unspecified atom stereocenters. The van der Waals surface area contributed by atoms with Gasteiger partial charge in [-0.05, 0) is 55.3 Å². The van der Waals surface area contributed by atoms with Crippen LogP contribution in [-0.2, 0) is 16.3 Å². The zero-order chi connectivity index (χ0) is 24.4. The van der Waals surface area contributed by atoms with Crippen LogP contribution in [0.1, 0.15) is 12.0 Å². The third-order valence-electron chi connectivity index (χ3n) is 6.36. The number of sulfone groups is 1. The summed E-state index contributed by atoms with van der Waals surface area (Å²) in [7, 11) is -1.25. The number of aryl methyl sites for hydroxylation is 1. The number of aromatic nitrogens is 4. The van der Waals surface area contributed by atoms with Crippen molar-refractivity contribution in [2.24, 2.45) is 0 Å². The number of nitrogens with one attached hydrogen (secondary N) is 1. The van der Waals surface area contributed by atoms with Crippen LogP contribution in [0.5, 0.6) is 0 Å². The SMILES string of the molecule is CNc1ncc(-c2ccc3c(CCCN4CCS(=O)(=O)CC4)cn(-c4ccccn4)c3n2)cc1F. The summed E-state index contributed by atoms with van der Waals surface area (Å²) in [6.07, 6.45) is 7.15. The lowest BCUT2D eigenvalue weighted by Gasteiger charge is -2.26. The molecule has 35 heavy (non-hydrogen) atoms. The third kappa shape index (κ3) is 5.03. The molecule has 0 spiro atoms. The third-order valence-corrected chi connectivity index (χ3v) is 7.97. The van der Waals surface area contributed by atoms with E-state index in [0.29, 0.717) is 24.3 Å². The monoisotopic (exact) mass is 494 g/mol. The number of halogens is 1. The number of pyridine rings is 3. The Morgan fingerprint density at radius 3 is 2.66 bits per heavy atom. The van der Waals surface area contributed by atoms with E-state index in [4.69, 9.17) is 4.98 Å². The highest BCUT2D eigenvalue weighted by atomic mass is 32.2. The molecule has 1 aliphatic heterocycles. The van der Waals surface area contributed by atoms with Gasteiger partial charge in [-0.1, -0.05) is 6.07 Å². The largest absolute Gasteiger partial charge is 0.371 e. The highest BCUT2D eigenvalue weighted by Gasteiger charge is 2.21. The predicted octanol–water partition coefficient (Wildman–Crippen LogP) is 3.33. The Balaban J connectivity index is 1.44. The Kier molecular flexibility index (Phi) is 6.48. The van der Waals surface area contributed by atoms with Crippen LogP contribution < -0.4 is 5.32 Å². The van der Waals surface area contributed by atoms with Gasteiger partial charge in [-0.3, -0.25) is 4.57 Å². The summed E-state index contributed by atoms with van der Waals surface area (Å²) < 4.78 is 39.7. The van der Waals surface area contributed by atoms with Crippen molar-refractivity contribution >= 4 is 26.7 Å². The highest BCUT2D eigenvalue weighted by molar-refractivity contribution is 7.91. The maximum atomic E-state index is 14.3. The molecule has 0 radical (unpaired) electrons. The average molecular weight is 495 g/mol. The topological polar surface area (TPSA) is 93.0 Å². The molecular formula is C25H27FN6O2S. The van der Waals surface area contributed by atoms with Crippen LogP contribution in [0.3, 0.4) is 0 Å². The highest BCUT2D eigenvalue weighted by Crippen LogP contribution is 2.28. The van der Waals surface area contributed by atoms with E-state index in [2.05, 4.69) is 26.4 Å². The van der Waals surface area contributed by atoms with Gasteiger partial charge in [0.15, 0.2) is 21.5 Å². The normalized spacial score (nSPS) is 15.9. The van der Waals surface area contributed by atoms with Gasteiger partial charge in [0.1, 0.15) is 11.5 Å². The summed E-state index contributed by atoms with van der Waals surface area (Å²) >= 11 is 0. The quantitative estimate of drug-likeness (QED) is 0.421. The fourth-order valence-corrected chi connectivity index (χ4v) is 5.71.